The van der Waals surface area contributed by atoms with Gasteiger partial charge in [-0.25, -0.2) is 4.79 Å². The van der Waals surface area contributed by atoms with Gasteiger partial charge in [-0.05, 0) is 41.8 Å². The highest BCUT2D eigenvalue weighted by molar-refractivity contribution is 6.30. The molecule has 0 fully saturated rings. The van der Waals surface area contributed by atoms with Crippen LogP contribution in [0.4, 0.5) is 4.79 Å². The van der Waals surface area contributed by atoms with Crippen molar-refractivity contribution >= 4 is 17.6 Å². The minimum Gasteiger partial charge on any atom is -0.493 e. The molecule has 0 aliphatic carbocycles. The minimum absolute atomic E-state index is 0.0952. The van der Waals surface area contributed by atoms with Crippen LogP contribution in [0.2, 0.25) is 5.02 Å². The largest absolute Gasteiger partial charge is 0.493 e. The van der Waals surface area contributed by atoms with Crippen molar-refractivity contribution in [3.05, 3.63) is 52.5 Å². The van der Waals surface area contributed by atoms with Gasteiger partial charge >= 0.3 is 6.03 Å². The summed E-state index contributed by atoms with van der Waals surface area (Å²) in [4.78, 5) is 12.3. The molecule has 0 saturated heterocycles. The molecule has 0 heterocycles. The Bertz CT molecular complexity index is 740. The van der Waals surface area contributed by atoms with Crippen molar-refractivity contribution < 1.29 is 19.0 Å². The van der Waals surface area contributed by atoms with E-state index in [-0.39, 0.29) is 12.1 Å². The fourth-order valence-corrected chi connectivity index (χ4v) is 2.87. The summed E-state index contributed by atoms with van der Waals surface area (Å²) in [7, 11) is 4.66. The van der Waals surface area contributed by atoms with Crippen molar-refractivity contribution in [3.63, 3.8) is 0 Å². The molecule has 1 unspecified atom stereocenters. The number of halogens is 1. The van der Waals surface area contributed by atoms with Gasteiger partial charge in [0.15, 0.2) is 11.5 Å². The third-order valence-corrected chi connectivity index (χ3v) is 4.42. The van der Waals surface area contributed by atoms with E-state index >= 15 is 0 Å². The van der Waals surface area contributed by atoms with Crippen molar-refractivity contribution in [2.24, 2.45) is 0 Å². The molecule has 2 N–H and O–H groups in total. The monoisotopic (exact) mass is 392 g/mol. The molecule has 2 amide bonds. The standard InChI is InChI=1S/C20H25ClN2O4/c1-5-16(14-6-8-15(21)9-7-14)23-20(24)22-12-13-10-17(25-2)19(27-4)18(11-13)26-3/h6-11,16H,5,12H2,1-4H3,(H2,22,23,24). The lowest BCUT2D eigenvalue weighted by Gasteiger charge is -2.18. The second-order valence-electron chi connectivity index (χ2n) is 5.87. The van der Waals surface area contributed by atoms with Crippen LogP contribution >= 0.6 is 11.6 Å². The Morgan fingerprint density at radius 2 is 1.63 bits per heavy atom. The Morgan fingerprint density at radius 3 is 2.11 bits per heavy atom. The number of ether oxygens (including phenoxy) is 3. The molecule has 0 bridgehead atoms. The predicted octanol–water partition coefficient (Wildman–Crippen LogP) is 4.32. The maximum Gasteiger partial charge on any atom is 0.315 e. The van der Waals surface area contributed by atoms with Crippen molar-refractivity contribution in [2.45, 2.75) is 25.9 Å². The van der Waals surface area contributed by atoms with E-state index in [0.29, 0.717) is 28.8 Å². The van der Waals surface area contributed by atoms with E-state index in [1.54, 1.807) is 33.5 Å². The molecule has 146 valence electrons. The molecular formula is C20H25ClN2O4. The van der Waals surface area contributed by atoms with E-state index in [1.807, 2.05) is 31.2 Å². The molecule has 2 aromatic carbocycles. The number of amides is 2. The highest BCUT2D eigenvalue weighted by atomic mass is 35.5. The number of benzene rings is 2. The number of nitrogens with one attached hydrogen (secondary N) is 2. The van der Waals surface area contributed by atoms with Crippen molar-refractivity contribution in [3.8, 4) is 17.2 Å². The number of methoxy groups -OCH3 is 3. The third kappa shape index (κ3) is 5.44. The zero-order valence-electron chi connectivity index (χ0n) is 16.0. The maximum atomic E-state index is 12.3. The van der Waals surface area contributed by atoms with Crippen LogP contribution in [0.15, 0.2) is 36.4 Å². The normalized spacial score (nSPS) is 11.4. The molecule has 7 heteroatoms. The smallest absolute Gasteiger partial charge is 0.315 e. The molecular weight excluding hydrogens is 368 g/mol. The average molecular weight is 393 g/mol. The fraction of sp³-hybridized carbons (Fsp3) is 0.350. The van der Waals surface area contributed by atoms with Crippen molar-refractivity contribution in [1.29, 1.82) is 0 Å². The first-order valence-electron chi connectivity index (χ1n) is 8.61. The lowest BCUT2D eigenvalue weighted by Crippen LogP contribution is -2.37. The lowest BCUT2D eigenvalue weighted by atomic mass is 10.1. The molecule has 6 nitrogen and oxygen atoms in total. The molecule has 2 aromatic rings. The molecule has 0 aromatic heterocycles. The van der Waals surface area contributed by atoms with Crippen LogP contribution < -0.4 is 24.8 Å². The van der Waals surface area contributed by atoms with E-state index < -0.39 is 0 Å². The molecule has 0 spiro atoms. The van der Waals surface area contributed by atoms with Gasteiger partial charge in [0, 0.05) is 11.6 Å². The number of hydrogen-bond acceptors (Lipinski definition) is 4. The van der Waals surface area contributed by atoms with Crippen LogP contribution in [0.5, 0.6) is 17.2 Å². The second kappa shape index (κ2) is 9.92. The molecule has 0 aliphatic heterocycles. The van der Waals surface area contributed by atoms with E-state index in [4.69, 9.17) is 25.8 Å². The lowest BCUT2D eigenvalue weighted by molar-refractivity contribution is 0.236. The summed E-state index contributed by atoms with van der Waals surface area (Å²) in [5.41, 5.74) is 1.84. The average Bonchev–Trinajstić information content (AvgIpc) is 2.70. The highest BCUT2D eigenvalue weighted by Crippen LogP contribution is 2.38. The highest BCUT2D eigenvalue weighted by Gasteiger charge is 2.15. The van der Waals surface area contributed by atoms with Gasteiger partial charge in [0.25, 0.3) is 0 Å². The van der Waals surface area contributed by atoms with Gasteiger partial charge in [0.1, 0.15) is 0 Å². The summed E-state index contributed by atoms with van der Waals surface area (Å²) in [5, 5.41) is 6.50. The Balaban J connectivity index is 2.03. The first kappa shape index (κ1) is 20.7. The SMILES string of the molecule is CCC(NC(=O)NCc1cc(OC)c(OC)c(OC)c1)c1ccc(Cl)cc1. The van der Waals surface area contributed by atoms with Crippen molar-refractivity contribution in [2.75, 3.05) is 21.3 Å². The zero-order valence-corrected chi connectivity index (χ0v) is 16.7. The van der Waals surface area contributed by atoms with Crippen molar-refractivity contribution in [1.82, 2.24) is 10.6 Å². The Kier molecular flexibility index (Phi) is 7.61. The number of rotatable bonds is 8. The predicted molar refractivity (Wildman–Crippen MR) is 106 cm³/mol. The maximum absolute atomic E-state index is 12.3. The molecule has 27 heavy (non-hydrogen) atoms. The summed E-state index contributed by atoms with van der Waals surface area (Å²) in [6.07, 6.45) is 0.763. The zero-order chi connectivity index (χ0) is 19.8. The second-order valence-corrected chi connectivity index (χ2v) is 6.31. The van der Waals surface area contributed by atoms with E-state index in [2.05, 4.69) is 10.6 Å². The number of carbonyl (C=O) groups excluding carboxylic acids is 1. The Hall–Kier alpha value is -2.60. The van der Waals surface area contributed by atoms with E-state index in [0.717, 1.165) is 17.5 Å². The molecule has 0 aliphatic rings. The third-order valence-electron chi connectivity index (χ3n) is 4.16. The minimum atomic E-state index is -0.259. The van der Waals surface area contributed by atoms with Gasteiger partial charge in [0.05, 0.1) is 27.4 Å². The van der Waals surface area contributed by atoms with Crippen LogP contribution in [0.1, 0.15) is 30.5 Å². The quantitative estimate of drug-likeness (QED) is 0.702. The summed E-state index contributed by atoms with van der Waals surface area (Å²) < 4.78 is 16.0. The van der Waals surface area contributed by atoms with Gasteiger partial charge in [-0.2, -0.15) is 0 Å². The van der Waals surface area contributed by atoms with Crippen LogP contribution in [-0.2, 0) is 6.54 Å². The van der Waals surface area contributed by atoms with Gasteiger partial charge in [-0.15, -0.1) is 0 Å². The fourth-order valence-electron chi connectivity index (χ4n) is 2.75. The first-order chi connectivity index (χ1) is 13.0. The number of hydrogen-bond donors (Lipinski definition) is 2. The molecule has 0 saturated carbocycles. The first-order valence-corrected chi connectivity index (χ1v) is 8.98. The van der Waals surface area contributed by atoms with E-state index in [1.165, 1.54) is 0 Å². The van der Waals surface area contributed by atoms with Crippen LogP contribution in [0.3, 0.4) is 0 Å². The summed E-state index contributed by atoms with van der Waals surface area (Å²) >= 11 is 5.92. The Morgan fingerprint density at radius 1 is 1.04 bits per heavy atom. The van der Waals surface area contributed by atoms with Gasteiger partial charge in [-0.3, -0.25) is 0 Å². The van der Waals surface area contributed by atoms with Crippen LogP contribution in [0.25, 0.3) is 0 Å². The number of carbonyl (C=O) groups is 1. The van der Waals surface area contributed by atoms with Gasteiger partial charge < -0.3 is 24.8 Å². The molecule has 2 rings (SSSR count). The summed E-state index contributed by atoms with van der Waals surface area (Å²) in [5.74, 6) is 1.60. The van der Waals surface area contributed by atoms with Gasteiger partial charge in [-0.1, -0.05) is 30.7 Å². The molecule has 0 radical (unpaired) electrons. The molecule has 1 atom stereocenters. The summed E-state index contributed by atoms with van der Waals surface area (Å²) in [6.45, 7) is 2.33. The summed E-state index contributed by atoms with van der Waals surface area (Å²) in [6, 6.07) is 10.7. The van der Waals surface area contributed by atoms with Gasteiger partial charge in [0.2, 0.25) is 5.75 Å². The van der Waals surface area contributed by atoms with Crippen LogP contribution in [0, 0.1) is 0 Å². The topological polar surface area (TPSA) is 68.8 Å². The number of urea groups is 1. The van der Waals surface area contributed by atoms with E-state index in [9.17, 15) is 4.79 Å². The Labute approximate surface area is 164 Å². The van der Waals surface area contributed by atoms with Crippen LogP contribution in [-0.4, -0.2) is 27.4 Å².